The molecule has 0 bridgehead atoms. The van der Waals surface area contributed by atoms with Gasteiger partial charge in [-0.2, -0.15) is 0 Å². The van der Waals surface area contributed by atoms with E-state index in [1.165, 1.54) is 6.07 Å². The van der Waals surface area contributed by atoms with Crippen molar-refractivity contribution in [2.45, 2.75) is 20.5 Å². The summed E-state index contributed by atoms with van der Waals surface area (Å²) in [5.41, 5.74) is 1.21. The maximum absolute atomic E-state index is 10.9. The Balaban J connectivity index is 2.09. The van der Waals surface area contributed by atoms with E-state index < -0.39 is 5.97 Å². The van der Waals surface area contributed by atoms with Gasteiger partial charge in [-0.1, -0.05) is 18.2 Å². The van der Waals surface area contributed by atoms with E-state index in [0.717, 1.165) is 11.3 Å². The molecule has 4 nitrogen and oxygen atoms in total. The molecule has 2 rings (SSSR count). The molecule has 0 radical (unpaired) electrons. The first-order valence-electron chi connectivity index (χ1n) is 5.59. The number of furan rings is 1. The van der Waals surface area contributed by atoms with Crippen molar-refractivity contribution in [1.82, 2.24) is 0 Å². The fourth-order valence-electron chi connectivity index (χ4n) is 1.69. The van der Waals surface area contributed by atoms with Crippen LogP contribution in [0.4, 0.5) is 0 Å². The number of hydrogen-bond acceptors (Lipinski definition) is 3. The van der Waals surface area contributed by atoms with E-state index in [-0.39, 0.29) is 12.2 Å². The van der Waals surface area contributed by atoms with Gasteiger partial charge in [0.25, 0.3) is 0 Å². The number of carbonyl (C=O) groups is 1. The number of aryl methyl sites for hydroxylation is 2. The number of ether oxygens (including phenoxy) is 1. The van der Waals surface area contributed by atoms with Gasteiger partial charge in [-0.3, -0.25) is 0 Å². The molecule has 2 aromatic rings. The Hall–Kier alpha value is -2.23. The van der Waals surface area contributed by atoms with Crippen LogP contribution < -0.4 is 4.74 Å². The Morgan fingerprint density at radius 3 is 2.67 bits per heavy atom. The fourth-order valence-corrected chi connectivity index (χ4v) is 1.69. The molecule has 0 unspecified atom stereocenters. The minimum atomic E-state index is -0.988. The molecule has 1 N–H and O–H groups in total. The summed E-state index contributed by atoms with van der Waals surface area (Å²) >= 11 is 0. The third kappa shape index (κ3) is 2.53. The summed E-state index contributed by atoms with van der Waals surface area (Å²) in [7, 11) is 0. The molecule has 0 aliphatic heterocycles. The predicted molar refractivity (Wildman–Crippen MR) is 65.9 cm³/mol. The van der Waals surface area contributed by atoms with E-state index in [1.54, 1.807) is 6.92 Å². The van der Waals surface area contributed by atoms with Gasteiger partial charge in [0, 0.05) is 0 Å². The van der Waals surface area contributed by atoms with Crippen LogP contribution in [0.5, 0.6) is 5.75 Å². The van der Waals surface area contributed by atoms with Gasteiger partial charge in [0.15, 0.2) is 0 Å². The smallest absolute Gasteiger partial charge is 0.339 e. The highest BCUT2D eigenvalue weighted by Crippen LogP contribution is 2.20. The van der Waals surface area contributed by atoms with Crippen LogP contribution in [0.3, 0.4) is 0 Å². The van der Waals surface area contributed by atoms with Crippen LogP contribution in [-0.4, -0.2) is 11.1 Å². The summed E-state index contributed by atoms with van der Waals surface area (Å²) in [6.45, 7) is 3.80. The quantitative estimate of drug-likeness (QED) is 0.900. The molecule has 0 aliphatic carbocycles. The number of carboxylic acid groups (broad SMARTS) is 1. The Labute approximate surface area is 105 Å². The summed E-state index contributed by atoms with van der Waals surface area (Å²) < 4.78 is 10.9. The van der Waals surface area contributed by atoms with Gasteiger partial charge in [0.2, 0.25) is 0 Å². The van der Waals surface area contributed by atoms with E-state index >= 15 is 0 Å². The van der Waals surface area contributed by atoms with Crippen LogP contribution in [0.2, 0.25) is 0 Å². The molecule has 1 aromatic heterocycles. The Morgan fingerprint density at radius 2 is 2.06 bits per heavy atom. The normalized spacial score (nSPS) is 10.3. The highest BCUT2D eigenvalue weighted by Gasteiger charge is 2.14. The first kappa shape index (κ1) is 12.2. The number of rotatable bonds is 4. The molecule has 18 heavy (non-hydrogen) atoms. The average molecular weight is 246 g/mol. The van der Waals surface area contributed by atoms with E-state index in [0.29, 0.717) is 11.5 Å². The van der Waals surface area contributed by atoms with Crippen molar-refractivity contribution in [2.75, 3.05) is 0 Å². The zero-order valence-corrected chi connectivity index (χ0v) is 10.3. The van der Waals surface area contributed by atoms with Crippen LogP contribution in [0.1, 0.15) is 27.4 Å². The van der Waals surface area contributed by atoms with Gasteiger partial charge in [0.05, 0.1) is 0 Å². The molecule has 0 amide bonds. The Bertz CT molecular complexity index is 569. The highest BCUT2D eigenvalue weighted by atomic mass is 16.5. The van der Waals surface area contributed by atoms with Gasteiger partial charge in [-0.15, -0.1) is 0 Å². The van der Waals surface area contributed by atoms with Gasteiger partial charge in [-0.25, -0.2) is 4.79 Å². The van der Waals surface area contributed by atoms with Crippen LogP contribution >= 0.6 is 0 Å². The molecule has 1 aromatic carbocycles. The minimum absolute atomic E-state index is 0.179. The average Bonchev–Trinajstić information content (AvgIpc) is 2.70. The number of para-hydroxylation sites is 1. The topological polar surface area (TPSA) is 59.7 Å². The van der Waals surface area contributed by atoms with Gasteiger partial charge in [-0.05, 0) is 31.5 Å². The van der Waals surface area contributed by atoms with Crippen molar-refractivity contribution < 1.29 is 19.1 Å². The maximum Gasteiger partial charge on any atom is 0.339 e. The summed E-state index contributed by atoms with van der Waals surface area (Å²) in [5, 5.41) is 8.91. The first-order chi connectivity index (χ1) is 8.58. The summed E-state index contributed by atoms with van der Waals surface area (Å²) in [6, 6.07) is 9.13. The van der Waals surface area contributed by atoms with Crippen LogP contribution in [0.25, 0.3) is 0 Å². The molecular formula is C14H14O4. The van der Waals surface area contributed by atoms with Gasteiger partial charge in [0.1, 0.15) is 29.4 Å². The molecule has 1 heterocycles. The van der Waals surface area contributed by atoms with E-state index in [4.69, 9.17) is 14.3 Å². The first-order valence-corrected chi connectivity index (χ1v) is 5.59. The van der Waals surface area contributed by atoms with Crippen molar-refractivity contribution in [2.24, 2.45) is 0 Å². The zero-order valence-electron chi connectivity index (χ0n) is 10.3. The second-order valence-corrected chi connectivity index (χ2v) is 4.04. The summed E-state index contributed by atoms with van der Waals surface area (Å²) in [6.07, 6.45) is 0. The van der Waals surface area contributed by atoms with E-state index in [2.05, 4.69) is 0 Å². The Morgan fingerprint density at radius 1 is 1.33 bits per heavy atom. The molecule has 0 aliphatic rings. The minimum Gasteiger partial charge on any atom is -0.485 e. The lowest BCUT2D eigenvalue weighted by molar-refractivity contribution is 0.0695. The van der Waals surface area contributed by atoms with Crippen molar-refractivity contribution in [1.29, 1.82) is 0 Å². The molecule has 0 atom stereocenters. The number of aromatic carboxylic acids is 1. The van der Waals surface area contributed by atoms with Crippen molar-refractivity contribution in [3.8, 4) is 5.75 Å². The number of hydrogen-bond donors (Lipinski definition) is 1. The molecule has 0 spiro atoms. The van der Waals surface area contributed by atoms with E-state index in [9.17, 15) is 4.79 Å². The monoisotopic (exact) mass is 246 g/mol. The van der Waals surface area contributed by atoms with Gasteiger partial charge < -0.3 is 14.3 Å². The summed E-state index contributed by atoms with van der Waals surface area (Å²) in [5.74, 6) is 0.681. The predicted octanol–water partition coefficient (Wildman–Crippen LogP) is 3.17. The summed E-state index contributed by atoms with van der Waals surface area (Å²) in [4.78, 5) is 10.9. The van der Waals surface area contributed by atoms with Crippen molar-refractivity contribution in [3.63, 3.8) is 0 Å². The molecule has 94 valence electrons. The second-order valence-electron chi connectivity index (χ2n) is 4.04. The third-order valence-corrected chi connectivity index (χ3v) is 2.66. The maximum atomic E-state index is 10.9. The molecule has 4 heteroatoms. The highest BCUT2D eigenvalue weighted by molar-refractivity contribution is 5.88. The largest absolute Gasteiger partial charge is 0.485 e. The van der Waals surface area contributed by atoms with Crippen LogP contribution in [0, 0.1) is 13.8 Å². The second kappa shape index (κ2) is 4.96. The zero-order chi connectivity index (χ0) is 13.1. The molecular weight excluding hydrogens is 232 g/mol. The lowest BCUT2D eigenvalue weighted by Crippen LogP contribution is -1.96. The molecule has 0 saturated carbocycles. The Kier molecular flexibility index (Phi) is 3.37. The third-order valence-electron chi connectivity index (χ3n) is 2.66. The van der Waals surface area contributed by atoms with Crippen LogP contribution in [-0.2, 0) is 6.61 Å². The number of benzene rings is 1. The van der Waals surface area contributed by atoms with E-state index in [1.807, 2.05) is 31.2 Å². The molecule has 0 saturated heterocycles. The van der Waals surface area contributed by atoms with Crippen molar-refractivity contribution >= 4 is 5.97 Å². The SMILES string of the molecule is Cc1ccccc1OCc1cc(C(=O)O)c(C)o1. The lowest BCUT2D eigenvalue weighted by atomic mass is 10.2. The van der Waals surface area contributed by atoms with Crippen molar-refractivity contribution in [3.05, 3.63) is 53.0 Å². The van der Waals surface area contributed by atoms with Crippen LogP contribution in [0.15, 0.2) is 34.7 Å². The lowest BCUT2D eigenvalue weighted by Gasteiger charge is -2.06. The standard InChI is InChI=1S/C14H14O4/c1-9-5-3-4-6-13(9)17-8-11-7-12(14(15)16)10(2)18-11/h3-7H,8H2,1-2H3,(H,15,16). The van der Waals surface area contributed by atoms with Gasteiger partial charge >= 0.3 is 5.97 Å². The fraction of sp³-hybridized carbons (Fsp3) is 0.214. The molecule has 0 fully saturated rings. The number of carboxylic acids is 1.